The van der Waals surface area contributed by atoms with Gasteiger partial charge in [0.05, 0.1) is 11.3 Å². The maximum atomic E-state index is 14.6. The van der Waals surface area contributed by atoms with Gasteiger partial charge in [0.25, 0.3) is 0 Å². The van der Waals surface area contributed by atoms with Crippen LogP contribution in [0.15, 0.2) is 11.6 Å². The molecule has 8 aliphatic rings. The molecule has 0 unspecified atom stereocenters. The molecule has 44 heavy (non-hydrogen) atoms. The Morgan fingerprint density at radius 1 is 0.886 bits per heavy atom. The molecule has 0 amide bonds. The molecule has 4 saturated carbocycles. The average Bonchev–Trinajstić information content (AvgIpc) is 2.95. The highest BCUT2D eigenvalue weighted by molar-refractivity contribution is 5.95. The number of rotatable bonds is 3. The van der Waals surface area contributed by atoms with Crippen molar-refractivity contribution in [3.05, 3.63) is 11.6 Å². The molecule has 1 N–H and O–H groups in total. The van der Waals surface area contributed by atoms with Gasteiger partial charge in [0.1, 0.15) is 6.10 Å². The molecule has 3 saturated heterocycles. The molecule has 244 valence electrons. The van der Waals surface area contributed by atoms with E-state index in [4.69, 9.17) is 4.74 Å². The van der Waals surface area contributed by atoms with Gasteiger partial charge in [-0.2, -0.15) is 0 Å². The smallest absolute Gasteiger partial charge is 0.309 e. The summed E-state index contributed by atoms with van der Waals surface area (Å²) in [6.45, 7) is 19.2. The number of piperidine rings is 3. The third kappa shape index (κ3) is 4.03. The van der Waals surface area contributed by atoms with Crippen molar-refractivity contribution in [2.75, 3.05) is 19.6 Å². The topological polar surface area (TPSA) is 83.9 Å². The fourth-order valence-electron chi connectivity index (χ4n) is 13.1. The van der Waals surface area contributed by atoms with E-state index < -0.39 is 11.4 Å². The van der Waals surface area contributed by atoms with Crippen LogP contribution in [0.3, 0.4) is 0 Å². The van der Waals surface area contributed by atoms with E-state index in [1.54, 1.807) is 0 Å². The number of carboxylic acid groups (broad SMARTS) is 1. The quantitative estimate of drug-likeness (QED) is 0.339. The summed E-state index contributed by atoms with van der Waals surface area (Å²) in [5.41, 5.74) is -0.166. The van der Waals surface area contributed by atoms with Gasteiger partial charge in [0.15, 0.2) is 5.78 Å². The number of hydrogen-bond acceptors (Lipinski definition) is 5. The zero-order chi connectivity index (χ0) is 31.7. The van der Waals surface area contributed by atoms with Crippen molar-refractivity contribution in [1.82, 2.24) is 4.90 Å². The van der Waals surface area contributed by atoms with Crippen molar-refractivity contribution in [2.24, 2.45) is 62.1 Å². The lowest BCUT2D eigenvalue weighted by Crippen LogP contribution is -2.66. The molecule has 7 fully saturated rings. The fourth-order valence-corrected chi connectivity index (χ4v) is 13.1. The van der Waals surface area contributed by atoms with E-state index in [9.17, 15) is 19.5 Å². The fraction of sp³-hybridized carbons (Fsp3) is 0.868. The predicted octanol–water partition coefficient (Wildman–Crippen LogP) is 7.31. The summed E-state index contributed by atoms with van der Waals surface area (Å²) in [4.78, 5) is 43.4. The van der Waals surface area contributed by atoms with Gasteiger partial charge in [-0.1, -0.05) is 47.1 Å². The Morgan fingerprint density at radius 3 is 2.20 bits per heavy atom. The highest BCUT2D eigenvalue weighted by atomic mass is 16.5. The van der Waals surface area contributed by atoms with Crippen molar-refractivity contribution >= 4 is 17.7 Å². The standard InChI is InChI=1S/C38H57NO5/c1-33(2)24(31(41)44-28-22-39-18-10-23(28)11-19-39)8-12-36(5)29(33)9-13-38(7)30(36)27(40)20-25-26-21-35(4,32(42)43)15-14-34(26,3)16-17-37(25,38)6/h20,23-24,26,28-30H,8-19,21-22H2,1-7H3,(H,42,43)/t24-,26+,28-,29+,30-,34-,35+,36+,37-,38-/m1/s1. The molecule has 6 nitrogen and oxygen atoms in total. The Balaban J connectivity index is 1.19. The number of aliphatic carboxylic acids is 1. The molecule has 0 spiro atoms. The highest BCUT2D eigenvalue weighted by Gasteiger charge is 2.70. The van der Waals surface area contributed by atoms with Gasteiger partial charge in [-0.15, -0.1) is 0 Å². The molecule has 0 aromatic heterocycles. The third-order valence-corrected chi connectivity index (χ3v) is 16.3. The maximum absolute atomic E-state index is 14.6. The highest BCUT2D eigenvalue weighted by Crippen LogP contribution is 2.75. The minimum Gasteiger partial charge on any atom is -0.481 e. The van der Waals surface area contributed by atoms with E-state index >= 15 is 0 Å². The second kappa shape index (κ2) is 9.67. The molecular formula is C38H57NO5. The molecule has 3 heterocycles. The Hall–Kier alpha value is -1.69. The molecule has 3 aliphatic heterocycles. The summed E-state index contributed by atoms with van der Waals surface area (Å²) < 4.78 is 6.34. The van der Waals surface area contributed by atoms with Gasteiger partial charge in [-0.25, -0.2) is 0 Å². The zero-order valence-electron chi connectivity index (χ0n) is 28.5. The molecule has 10 atom stereocenters. The van der Waals surface area contributed by atoms with Crippen molar-refractivity contribution in [3.8, 4) is 0 Å². The lowest BCUT2D eigenvalue weighted by Gasteiger charge is -2.70. The van der Waals surface area contributed by atoms with Crippen molar-refractivity contribution in [3.63, 3.8) is 0 Å². The van der Waals surface area contributed by atoms with E-state index in [0.29, 0.717) is 18.8 Å². The van der Waals surface area contributed by atoms with Gasteiger partial charge in [0, 0.05) is 12.5 Å². The van der Waals surface area contributed by atoms with Crippen LogP contribution in [0.25, 0.3) is 0 Å². The number of hydrogen-bond donors (Lipinski definition) is 1. The summed E-state index contributed by atoms with van der Waals surface area (Å²) in [7, 11) is 0. The summed E-state index contributed by atoms with van der Waals surface area (Å²) in [6.07, 6.45) is 12.4. The van der Waals surface area contributed by atoms with Crippen molar-refractivity contribution in [2.45, 2.75) is 125 Å². The lowest BCUT2D eigenvalue weighted by atomic mass is 9.33. The maximum Gasteiger partial charge on any atom is 0.309 e. The Kier molecular flexibility index (Phi) is 6.80. The SMILES string of the molecule is CC1(C)[C@@H](C(=O)O[C@@H]2CN3CCC2CC3)CC[C@]2(C)[C@H]3C(=O)C=C4[C@@H]5C[C@@](C)(C(=O)O)CC[C@]5(C)CC[C@@]4(C)[C@]3(C)CC[C@@H]12. The van der Waals surface area contributed by atoms with Crippen molar-refractivity contribution in [1.29, 1.82) is 0 Å². The number of carbonyl (C=O) groups excluding carboxylic acids is 2. The van der Waals surface area contributed by atoms with Crippen LogP contribution in [0.1, 0.15) is 119 Å². The molecule has 2 bridgehead atoms. The summed E-state index contributed by atoms with van der Waals surface area (Å²) >= 11 is 0. The minimum atomic E-state index is -0.737. The van der Waals surface area contributed by atoms with E-state index in [2.05, 4.69) is 46.4 Å². The first-order valence-corrected chi connectivity index (χ1v) is 17.9. The molecular weight excluding hydrogens is 550 g/mol. The number of allylic oxidation sites excluding steroid dienone is 2. The largest absolute Gasteiger partial charge is 0.481 e. The number of carboxylic acids is 1. The van der Waals surface area contributed by atoms with Gasteiger partial charge in [0.2, 0.25) is 0 Å². The van der Waals surface area contributed by atoms with Crippen LogP contribution >= 0.6 is 0 Å². The van der Waals surface area contributed by atoms with Crippen LogP contribution in [-0.2, 0) is 19.1 Å². The van der Waals surface area contributed by atoms with Gasteiger partial charge in [-0.05, 0) is 142 Å². The van der Waals surface area contributed by atoms with Crippen LogP contribution in [0.2, 0.25) is 0 Å². The van der Waals surface area contributed by atoms with Gasteiger partial charge in [-0.3, -0.25) is 19.3 Å². The molecule has 8 rings (SSSR count). The second-order valence-electron chi connectivity index (χ2n) is 18.6. The Bertz CT molecular complexity index is 1300. The first-order valence-electron chi connectivity index (χ1n) is 17.9. The normalized spacial score (nSPS) is 52.5. The minimum absolute atomic E-state index is 0.00130. The summed E-state index contributed by atoms with van der Waals surface area (Å²) in [6, 6.07) is 0. The van der Waals surface area contributed by atoms with E-state index in [1.165, 1.54) is 5.57 Å². The number of ether oxygens (including phenoxy) is 1. The number of ketones is 1. The van der Waals surface area contributed by atoms with E-state index in [-0.39, 0.29) is 68.6 Å². The number of esters is 1. The number of carbonyl (C=O) groups is 3. The Labute approximate surface area is 265 Å². The average molecular weight is 608 g/mol. The van der Waals surface area contributed by atoms with E-state index in [1.807, 2.05) is 13.0 Å². The molecule has 0 aromatic carbocycles. The second-order valence-corrected chi connectivity index (χ2v) is 18.6. The van der Waals surface area contributed by atoms with Gasteiger partial charge < -0.3 is 9.84 Å². The molecule has 6 heteroatoms. The first kappa shape index (κ1) is 30.9. The third-order valence-electron chi connectivity index (χ3n) is 16.3. The van der Waals surface area contributed by atoms with Crippen LogP contribution in [0.4, 0.5) is 0 Å². The van der Waals surface area contributed by atoms with Crippen LogP contribution in [0.5, 0.6) is 0 Å². The number of fused-ring (bicyclic) bond motifs is 10. The van der Waals surface area contributed by atoms with E-state index in [0.717, 1.165) is 77.4 Å². The summed E-state index contributed by atoms with van der Waals surface area (Å²) in [5, 5.41) is 10.2. The van der Waals surface area contributed by atoms with Crippen LogP contribution in [0, 0.1) is 62.1 Å². The van der Waals surface area contributed by atoms with Crippen molar-refractivity contribution < 1.29 is 24.2 Å². The Morgan fingerprint density at radius 2 is 1.57 bits per heavy atom. The molecule has 0 aromatic rings. The van der Waals surface area contributed by atoms with Crippen LogP contribution in [-0.4, -0.2) is 53.5 Å². The zero-order valence-corrected chi connectivity index (χ0v) is 28.5. The lowest BCUT2D eigenvalue weighted by molar-refractivity contribution is -0.203. The number of nitrogens with zero attached hydrogens (tertiary/aromatic N) is 1. The van der Waals surface area contributed by atoms with Gasteiger partial charge >= 0.3 is 11.9 Å². The molecule has 5 aliphatic carbocycles. The first-order chi connectivity index (χ1) is 20.5. The monoisotopic (exact) mass is 607 g/mol. The van der Waals surface area contributed by atoms with Crippen LogP contribution < -0.4 is 0 Å². The molecule has 0 radical (unpaired) electrons. The predicted molar refractivity (Wildman–Crippen MR) is 170 cm³/mol. The summed E-state index contributed by atoms with van der Waals surface area (Å²) in [5.74, 6) is 0.266.